The molecule has 0 bridgehead atoms. The van der Waals surface area contributed by atoms with Crippen LogP contribution >= 0.6 is 0 Å². The molecule has 0 spiro atoms. The molecule has 5 heteroatoms. The van der Waals surface area contributed by atoms with Gasteiger partial charge in [-0.15, -0.1) is 0 Å². The van der Waals surface area contributed by atoms with Crippen molar-refractivity contribution in [3.05, 3.63) is 24.3 Å². The van der Waals surface area contributed by atoms with Crippen LogP contribution in [0.1, 0.15) is 45.4 Å². The zero-order chi connectivity index (χ0) is 16.5. The smallest absolute Gasteiger partial charge is 0.178 e. The van der Waals surface area contributed by atoms with Gasteiger partial charge in [0.15, 0.2) is 9.84 Å². The SMILES string of the molecule is CCCCCCCCS(=O)(=O)c1cccc(N2CCNCC2)c1. The van der Waals surface area contributed by atoms with Crippen molar-refractivity contribution < 1.29 is 8.42 Å². The fourth-order valence-electron chi connectivity index (χ4n) is 2.99. The number of sulfone groups is 1. The second kappa shape index (κ2) is 9.28. The maximum Gasteiger partial charge on any atom is 0.178 e. The maximum atomic E-state index is 12.5. The molecule has 1 aromatic carbocycles. The summed E-state index contributed by atoms with van der Waals surface area (Å²) in [5, 5.41) is 3.32. The highest BCUT2D eigenvalue weighted by molar-refractivity contribution is 7.91. The lowest BCUT2D eigenvalue weighted by Gasteiger charge is -2.29. The molecule has 2 rings (SSSR count). The highest BCUT2D eigenvalue weighted by Gasteiger charge is 2.17. The molecule has 0 aromatic heterocycles. The van der Waals surface area contributed by atoms with Gasteiger partial charge < -0.3 is 10.2 Å². The summed E-state index contributed by atoms with van der Waals surface area (Å²) in [5.41, 5.74) is 1.02. The van der Waals surface area contributed by atoms with Crippen molar-refractivity contribution >= 4 is 15.5 Å². The predicted molar refractivity (Wildman–Crippen MR) is 97.0 cm³/mol. The fourth-order valence-corrected chi connectivity index (χ4v) is 4.39. The second-order valence-corrected chi connectivity index (χ2v) is 8.43. The third-order valence-corrected chi connectivity index (χ3v) is 6.22. The number of nitrogens with zero attached hydrogens (tertiary/aromatic N) is 1. The fraction of sp³-hybridized carbons (Fsp3) is 0.667. The topological polar surface area (TPSA) is 49.4 Å². The Labute approximate surface area is 141 Å². The summed E-state index contributed by atoms with van der Waals surface area (Å²) in [5.74, 6) is 0.268. The van der Waals surface area contributed by atoms with Gasteiger partial charge in [0.05, 0.1) is 10.6 Å². The largest absolute Gasteiger partial charge is 0.369 e. The summed E-state index contributed by atoms with van der Waals surface area (Å²) in [4.78, 5) is 2.72. The molecule has 1 aliphatic heterocycles. The van der Waals surface area contributed by atoms with Crippen LogP contribution in [0.15, 0.2) is 29.2 Å². The zero-order valence-corrected chi connectivity index (χ0v) is 15.1. The lowest BCUT2D eigenvalue weighted by Crippen LogP contribution is -2.43. The Hall–Kier alpha value is -1.07. The molecule has 1 aliphatic rings. The molecule has 1 aromatic rings. The zero-order valence-electron chi connectivity index (χ0n) is 14.3. The second-order valence-electron chi connectivity index (χ2n) is 6.32. The highest BCUT2D eigenvalue weighted by atomic mass is 32.2. The molecular weight excluding hydrogens is 308 g/mol. The van der Waals surface area contributed by atoms with Crippen molar-refractivity contribution in [3.8, 4) is 0 Å². The number of hydrogen-bond acceptors (Lipinski definition) is 4. The Morgan fingerprint density at radius 3 is 2.48 bits per heavy atom. The highest BCUT2D eigenvalue weighted by Crippen LogP contribution is 2.21. The molecule has 1 saturated heterocycles. The molecular formula is C18H30N2O2S. The van der Waals surface area contributed by atoms with E-state index in [-0.39, 0.29) is 5.75 Å². The molecule has 1 N–H and O–H groups in total. The van der Waals surface area contributed by atoms with E-state index in [1.54, 1.807) is 6.07 Å². The minimum atomic E-state index is -3.16. The maximum absolute atomic E-state index is 12.5. The first-order valence-corrected chi connectivity index (χ1v) is 10.6. The normalized spacial score (nSPS) is 15.8. The van der Waals surface area contributed by atoms with E-state index < -0.39 is 9.84 Å². The average molecular weight is 339 g/mol. The molecule has 0 amide bonds. The number of piperazine rings is 1. The molecule has 4 nitrogen and oxygen atoms in total. The predicted octanol–water partition coefficient (Wildman–Crippen LogP) is 3.23. The third-order valence-electron chi connectivity index (χ3n) is 4.43. The Balaban J connectivity index is 1.91. The van der Waals surface area contributed by atoms with Gasteiger partial charge >= 0.3 is 0 Å². The van der Waals surface area contributed by atoms with Gasteiger partial charge in [0.25, 0.3) is 0 Å². The summed E-state index contributed by atoms with van der Waals surface area (Å²) in [6.07, 6.45) is 6.61. The lowest BCUT2D eigenvalue weighted by atomic mass is 10.1. The van der Waals surface area contributed by atoms with Gasteiger partial charge in [0, 0.05) is 31.9 Å². The van der Waals surface area contributed by atoms with Gasteiger partial charge in [-0.3, -0.25) is 0 Å². The van der Waals surface area contributed by atoms with Crippen LogP contribution in [0.25, 0.3) is 0 Å². The van der Waals surface area contributed by atoms with Crippen molar-refractivity contribution in [1.29, 1.82) is 0 Å². The number of unbranched alkanes of at least 4 members (excludes halogenated alkanes) is 5. The Bertz CT molecular complexity index is 566. The molecule has 0 atom stereocenters. The number of benzene rings is 1. The molecule has 1 fully saturated rings. The molecule has 130 valence electrons. The van der Waals surface area contributed by atoms with E-state index in [2.05, 4.69) is 17.1 Å². The van der Waals surface area contributed by atoms with Crippen molar-refractivity contribution in [3.63, 3.8) is 0 Å². The van der Waals surface area contributed by atoms with Crippen LogP contribution in [0.5, 0.6) is 0 Å². The van der Waals surface area contributed by atoms with Crippen LogP contribution < -0.4 is 10.2 Å². The minimum absolute atomic E-state index is 0.268. The van der Waals surface area contributed by atoms with Crippen LogP contribution in [-0.4, -0.2) is 40.3 Å². The number of rotatable bonds is 9. The average Bonchev–Trinajstić information content (AvgIpc) is 2.59. The summed E-state index contributed by atoms with van der Waals surface area (Å²) < 4.78 is 25.1. The summed E-state index contributed by atoms with van der Waals surface area (Å²) in [7, 11) is -3.16. The van der Waals surface area contributed by atoms with E-state index in [4.69, 9.17) is 0 Å². The van der Waals surface area contributed by atoms with Crippen LogP contribution in [0.2, 0.25) is 0 Å². The minimum Gasteiger partial charge on any atom is -0.369 e. The standard InChI is InChI=1S/C18H30N2O2S/c1-2-3-4-5-6-7-15-23(21,22)18-10-8-9-17(16-18)20-13-11-19-12-14-20/h8-10,16,19H,2-7,11-15H2,1H3. The number of nitrogens with one attached hydrogen (secondary N) is 1. The van der Waals surface area contributed by atoms with E-state index in [9.17, 15) is 8.42 Å². The van der Waals surface area contributed by atoms with E-state index in [0.717, 1.165) is 51.1 Å². The van der Waals surface area contributed by atoms with Crippen LogP contribution in [0.3, 0.4) is 0 Å². The van der Waals surface area contributed by atoms with Crippen LogP contribution in [0.4, 0.5) is 5.69 Å². The lowest BCUT2D eigenvalue weighted by molar-refractivity contribution is 0.582. The quantitative estimate of drug-likeness (QED) is 0.702. The Morgan fingerprint density at radius 1 is 1.04 bits per heavy atom. The molecule has 0 aliphatic carbocycles. The number of hydrogen-bond donors (Lipinski definition) is 1. The van der Waals surface area contributed by atoms with Gasteiger partial charge in [0.1, 0.15) is 0 Å². The van der Waals surface area contributed by atoms with Gasteiger partial charge in [-0.1, -0.05) is 45.1 Å². The first-order valence-electron chi connectivity index (χ1n) is 8.92. The monoisotopic (exact) mass is 338 g/mol. The summed E-state index contributed by atoms with van der Waals surface area (Å²) in [6, 6.07) is 7.45. The molecule has 0 unspecified atom stereocenters. The van der Waals surface area contributed by atoms with Crippen LogP contribution in [0, 0.1) is 0 Å². The summed E-state index contributed by atoms with van der Waals surface area (Å²) >= 11 is 0. The van der Waals surface area contributed by atoms with Crippen LogP contribution in [-0.2, 0) is 9.84 Å². The van der Waals surface area contributed by atoms with E-state index in [1.165, 1.54) is 19.3 Å². The number of anilines is 1. The van der Waals surface area contributed by atoms with Crippen molar-refractivity contribution in [2.45, 2.75) is 50.3 Å². The van der Waals surface area contributed by atoms with E-state index in [0.29, 0.717) is 4.90 Å². The van der Waals surface area contributed by atoms with E-state index in [1.807, 2.05) is 18.2 Å². The van der Waals surface area contributed by atoms with Gasteiger partial charge in [-0.05, 0) is 24.6 Å². The van der Waals surface area contributed by atoms with Gasteiger partial charge in [0.2, 0.25) is 0 Å². The first kappa shape index (κ1) is 18.3. The summed E-state index contributed by atoms with van der Waals surface area (Å²) in [6.45, 7) is 5.96. The van der Waals surface area contributed by atoms with Gasteiger partial charge in [-0.2, -0.15) is 0 Å². The Morgan fingerprint density at radius 2 is 1.74 bits per heavy atom. The van der Waals surface area contributed by atoms with E-state index >= 15 is 0 Å². The Kier molecular flexibility index (Phi) is 7.37. The van der Waals surface area contributed by atoms with Crippen molar-refractivity contribution in [2.75, 3.05) is 36.8 Å². The third kappa shape index (κ3) is 5.81. The van der Waals surface area contributed by atoms with Crippen molar-refractivity contribution in [1.82, 2.24) is 5.32 Å². The molecule has 0 radical (unpaired) electrons. The van der Waals surface area contributed by atoms with Crippen molar-refractivity contribution in [2.24, 2.45) is 0 Å². The first-order chi connectivity index (χ1) is 11.1. The molecule has 1 heterocycles. The molecule has 23 heavy (non-hydrogen) atoms. The van der Waals surface area contributed by atoms with Gasteiger partial charge in [-0.25, -0.2) is 8.42 Å². The molecule has 0 saturated carbocycles.